The Kier molecular flexibility index (Phi) is 3.73. The minimum absolute atomic E-state index is 0.0643. The Morgan fingerprint density at radius 1 is 1.18 bits per heavy atom. The van der Waals surface area contributed by atoms with Crippen LogP contribution in [0.25, 0.3) is 6.08 Å². The normalized spacial score (nSPS) is 15.8. The minimum Gasteiger partial charge on any atom is -0.545 e. The molecule has 0 aliphatic carbocycles. The van der Waals surface area contributed by atoms with Gasteiger partial charge in [0.1, 0.15) is 0 Å². The number of rotatable bonds is 2. The fraction of sp³-hybridized carbons (Fsp3) is 0.0588. The van der Waals surface area contributed by atoms with E-state index in [1.807, 2.05) is 36.4 Å². The first kappa shape index (κ1) is 14.4. The van der Waals surface area contributed by atoms with Gasteiger partial charge in [-0.2, -0.15) is 0 Å². The van der Waals surface area contributed by atoms with Gasteiger partial charge >= 0.3 is 0 Å². The summed E-state index contributed by atoms with van der Waals surface area (Å²) < 4.78 is 0. The van der Waals surface area contributed by atoms with Crippen LogP contribution in [0.4, 0.5) is 5.69 Å². The van der Waals surface area contributed by atoms with Crippen molar-refractivity contribution in [3.8, 4) is 0 Å². The zero-order valence-corrected chi connectivity index (χ0v) is 12.6. The molecule has 1 heterocycles. The Labute approximate surface area is 132 Å². The molecule has 0 bridgehead atoms. The lowest BCUT2D eigenvalue weighted by Crippen LogP contribution is -2.31. The number of carbonyl (C=O) groups excluding carboxylic acids is 2. The molecule has 0 unspecified atom stereocenters. The molecule has 2 aromatic rings. The lowest BCUT2D eigenvalue weighted by Gasteiger charge is -2.27. The molecule has 0 N–H and O–H groups in total. The van der Waals surface area contributed by atoms with Gasteiger partial charge in [-0.1, -0.05) is 48.2 Å². The van der Waals surface area contributed by atoms with Crippen LogP contribution in [0.5, 0.6) is 0 Å². The summed E-state index contributed by atoms with van der Waals surface area (Å²) in [5, 5.41) is 10.9. The van der Waals surface area contributed by atoms with Gasteiger partial charge in [0.2, 0.25) is 0 Å². The topological polar surface area (TPSA) is 60.4 Å². The van der Waals surface area contributed by atoms with E-state index in [9.17, 15) is 14.7 Å². The zero-order chi connectivity index (χ0) is 15.7. The maximum Gasteiger partial charge on any atom is 0.264 e. The number of likely N-dealkylation sites (N-methyl/N-ethyl adjacent to an activating group) is 1. The summed E-state index contributed by atoms with van der Waals surface area (Å²) >= 11 is 1.34. The number of aromatic carboxylic acids is 1. The third-order valence-corrected chi connectivity index (χ3v) is 4.47. The molecule has 0 fully saturated rings. The first-order valence-electron chi connectivity index (χ1n) is 6.64. The quantitative estimate of drug-likeness (QED) is 0.798. The second kappa shape index (κ2) is 5.69. The van der Waals surface area contributed by atoms with E-state index in [0.29, 0.717) is 10.6 Å². The van der Waals surface area contributed by atoms with E-state index >= 15 is 0 Å². The number of carbonyl (C=O) groups is 2. The van der Waals surface area contributed by atoms with Crippen LogP contribution in [-0.2, 0) is 4.79 Å². The van der Waals surface area contributed by atoms with Crippen molar-refractivity contribution >= 4 is 35.4 Å². The highest BCUT2D eigenvalue weighted by Gasteiger charge is 2.26. The Bertz CT molecular complexity index is 784. The Balaban J connectivity index is 2.02. The fourth-order valence-electron chi connectivity index (χ4n) is 2.22. The molecule has 1 aliphatic rings. The van der Waals surface area contributed by atoms with Crippen LogP contribution in [0.15, 0.2) is 58.3 Å². The number of fused-ring (bicyclic) bond motifs is 1. The van der Waals surface area contributed by atoms with Gasteiger partial charge in [0.15, 0.2) is 0 Å². The fourth-order valence-corrected chi connectivity index (χ4v) is 3.31. The number of anilines is 1. The van der Waals surface area contributed by atoms with Crippen LogP contribution in [-0.4, -0.2) is 18.9 Å². The highest BCUT2D eigenvalue weighted by molar-refractivity contribution is 8.04. The van der Waals surface area contributed by atoms with E-state index in [2.05, 4.69) is 0 Å². The molecule has 2 aromatic carbocycles. The molecule has 1 amide bonds. The standard InChI is InChI=1S/C17H13NO3S/c1-18-13-10-12(17(20)21)7-8-14(13)22-15(16(18)19)9-11-5-3-2-4-6-11/h2-10H,1H3,(H,20,21)/p-1. The van der Waals surface area contributed by atoms with Gasteiger partial charge in [0.05, 0.1) is 16.6 Å². The van der Waals surface area contributed by atoms with Crippen molar-refractivity contribution < 1.29 is 14.7 Å². The van der Waals surface area contributed by atoms with Gasteiger partial charge in [-0.15, -0.1) is 0 Å². The van der Waals surface area contributed by atoms with Crippen LogP contribution in [0, 0.1) is 0 Å². The smallest absolute Gasteiger partial charge is 0.264 e. The predicted molar refractivity (Wildman–Crippen MR) is 84.5 cm³/mol. The first-order chi connectivity index (χ1) is 10.6. The number of hydrogen-bond donors (Lipinski definition) is 0. The Morgan fingerprint density at radius 2 is 1.91 bits per heavy atom. The first-order valence-corrected chi connectivity index (χ1v) is 7.46. The van der Waals surface area contributed by atoms with Crippen molar-refractivity contribution in [1.82, 2.24) is 0 Å². The third-order valence-electron chi connectivity index (χ3n) is 3.39. The van der Waals surface area contributed by atoms with Crippen molar-refractivity contribution in [2.45, 2.75) is 4.90 Å². The van der Waals surface area contributed by atoms with Crippen molar-refractivity contribution in [1.29, 1.82) is 0 Å². The summed E-state index contributed by atoms with van der Waals surface area (Å²) in [7, 11) is 1.64. The van der Waals surface area contributed by atoms with Crippen molar-refractivity contribution in [3.63, 3.8) is 0 Å². The van der Waals surface area contributed by atoms with E-state index in [4.69, 9.17) is 0 Å². The number of nitrogens with zero attached hydrogens (tertiary/aromatic N) is 1. The minimum atomic E-state index is -1.25. The molecule has 0 saturated carbocycles. The van der Waals surface area contributed by atoms with Crippen molar-refractivity contribution in [3.05, 3.63) is 64.6 Å². The van der Waals surface area contributed by atoms with Gasteiger partial charge in [0.25, 0.3) is 5.91 Å². The molecule has 5 heteroatoms. The van der Waals surface area contributed by atoms with Gasteiger partial charge < -0.3 is 14.8 Å². The molecule has 110 valence electrons. The average Bonchev–Trinajstić information content (AvgIpc) is 2.53. The monoisotopic (exact) mass is 310 g/mol. The zero-order valence-electron chi connectivity index (χ0n) is 11.8. The number of benzene rings is 2. The average molecular weight is 310 g/mol. The molecular weight excluding hydrogens is 298 g/mol. The molecule has 4 nitrogen and oxygen atoms in total. The van der Waals surface area contributed by atoms with Gasteiger partial charge in [0, 0.05) is 11.9 Å². The lowest BCUT2D eigenvalue weighted by atomic mass is 10.1. The van der Waals surface area contributed by atoms with E-state index in [0.717, 1.165) is 10.5 Å². The highest BCUT2D eigenvalue weighted by atomic mass is 32.2. The third kappa shape index (κ3) is 2.63. The number of hydrogen-bond acceptors (Lipinski definition) is 4. The second-order valence-corrected chi connectivity index (χ2v) is 5.94. The van der Waals surface area contributed by atoms with Crippen LogP contribution >= 0.6 is 11.8 Å². The number of amides is 1. The molecule has 1 aliphatic heterocycles. The van der Waals surface area contributed by atoms with E-state index in [1.54, 1.807) is 13.1 Å². The van der Waals surface area contributed by atoms with Crippen LogP contribution < -0.4 is 10.0 Å². The predicted octanol–water partition coefficient (Wildman–Crippen LogP) is 2.16. The van der Waals surface area contributed by atoms with E-state index < -0.39 is 5.97 Å². The molecule has 0 atom stereocenters. The lowest BCUT2D eigenvalue weighted by molar-refractivity contribution is -0.255. The summed E-state index contributed by atoms with van der Waals surface area (Å²) in [6.07, 6.45) is 1.83. The Hall–Kier alpha value is -2.53. The number of thioether (sulfide) groups is 1. The number of carboxylic acid groups (broad SMARTS) is 1. The van der Waals surface area contributed by atoms with Crippen molar-refractivity contribution in [2.24, 2.45) is 0 Å². The van der Waals surface area contributed by atoms with Gasteiger partial charge in [-0.3, -0.25) is 4.79 Å². The molecular formula is C17H12NO3S-. The maximum absolute atomic E-state index is 12.4. The summed E-state index contributed by atoms with van der Waals surface area (Å²) in [4.78, 5) is 26.3. The van der Waals surface area contributed by atoms with Crippen LogP contribution in [0.3, 0.4) is 0 Å². The second-order valence-electron chi connectivity index (χ2n) is 4.86. The Morgan fingerprint density at radius 3 is 2.59 bits per heavy atom. The largest absolute Gasteiger partial charge is 0.545 e. The van der Waals surface area contributed by atoms with Crippen LogP contribution in [0.2, 0.25) is 0 Å². The summed E-state index contributed by atoms with van der Waals surface area (Å²) in [6, 6.07) is 14.3. The maximum atomic E-state index is 12.4. The molecule has 0 saturated heterocycles. The number of carboxylic acids is 1. The van der Waals surface area contributed by atoms with Gasteiger partial charge in [-0.05, 0) is 29.3 Å². The van der Waals surface area contributed by atoms with E-state index in [-0.39, 0.29) is 11.5 Å². The molecule has 0 radical (unpaired) electrons. The van der Waals surface area contributed by atoms with Crippen LogP contribution in [0.1, 0.15) is 15.9 Å². The summed E-state index contributed by atoms with van der Waals surface area (Å²) in [5.74, 6) is -1.41. The highest BCUT2D eigenvalue weighted by Crippen LogP contribution is 2.41. The SMILES string of the molecule is CN1C(=O)C(=Cc2ccccc2)Sc2ccc(C(=O)[O-])cc21. The van der Waals surface area contributed by atoms with E-state index in [1.165, 1.54) is 28.8 Å². The van der Waals surface area contributed by atoms with Crippen molar-refractivity contribution in [2.75, 3.05) is 11.9 Å². The molecule has 0 aromatic heterocycles. The molecule has 22 heavy (non-hydrogen) atoms. The molecule has 3 rings (SSSR count). The summed E-state index contributed by atoms with van der Waals surface area (Å²) in [5.41, 5.74) is 1.60. The van der Waals surface area contributed by atoms with Gasteiger partial charge in [-0.25, -0.2) is 0 Å². The molecule has 0 spiro atoms. The summed E-state index contributed by atoms with van der Waals surface area (Å²) in [6.45, 7) is 0.